The Morgan fingerprint density at radius 2 is 2.06 bits per heavy atom. The van der Waals surface area contributed by atoms with E-state index in [1.165, 1.54) is 17.8 Å². The number of hydrogen-bond acceptors (Lipinski definition) is 4. The lowest BCUT2D eigenvalue weighted by Gasteiger charge is -2.03. The van der Waals surface area contributed by atoms with Gasteiger partial charge >= 0.3 is 5.97 Å². The highest BCUT2D eigenvalue weighted by atomic mass is 32.2. The van der Waals surface area contributed by atoms with Crippen LogP contribution in [-0.2, 0) is 0 Å². The molecular weight excluding hydrogens is 248 g/mol. The Hall–Kier alpha value is -1.88. The Balaban J connectivity index is 2.20. The van der Waals surface area contributed by atoms with Gasteiger partial charge in [-0.1, -0.05) is 11.8 Å². The number of rotatable bonds is 3. The van der Waals surface area contributed by atoms with Gasteiger partial charge < -0.3 is 5.11 Å². The fraction of sp³-hybridized carbons (Fsp3) is 0.154. The van der Waals surface area contributed by atoms with Crippen LogP contribution in [0.3, 0.4) is 0 Å². The summed E-state index contributed by atoms with van der Waals surface area (Å²) in [4.78, 5) is 19.8. The zero-order valence-electron chi connectivity index (χ0n) is 10.0. The summed E-state index contributed by atoms with van der Waals surface area (Å²) < 4.78 is 0. The molecule has 0 atom stereocenters. The molecule has 0 spiro atoms. The number of hydrogen-bond donors (Lipinski definition) is 1. The lowest BCUT2D eigenvalue weighted by molar-refractivity contribution is 0.0690. The molecule has 0 bridgehead atoms. The van der Waals surface area contributed by atoms with Gasteiger partial charge in [0.1, 0.15) is 10.7 Å². The molecule has 0 aromatic carbocycles. The van der Waals surface area contributed by atoms with E-state index < -0.39 is 5.97 Å². The summed E-state index contributed by atoms with van der Waals surface area (Å²) in [6, 6.07) is 7.23. The van der Waals surface area contributed by atoms with E-state index in [1.54, 1.807) is 12.3 Å². The van der Waals surface area contributed by atoms with Gasteiger partial charge in [-0.2, -0.15) is 0 Å². The number of aromatic nitrogens is 2. The molecule has 0 unspecified atom stereocenters. The SMILES string of the molecule is Cc1cc(C)nc(Sc2ccc(C(=O)O)nc2)c1. The maximum Gasteiger partial charge on any atom is 0.354 e. The van der Waals surface area contributed by atoms with Crippen LogP contribution in [0.15, 0.2) is 40.4 Å². The van der Waals surface area contributed by atoms with Crippen molar-refractivity contribution in [2.75, 3.05) is 0 Å². The van der Waals surface area contributed by atoms with Crippen molar-refractivity contribution in [3.63, 3.8) is 0 Å². The molecule has 2 aromatic heterocycles. The van der Waals surface area contributed by atoms with Gasteiger partial charge in [0.05, 0.1) is 0 Å². The summed E-state index contributed by atoms with van der Waals surface area (Å²) in [6.45, 7) is 3.97. The number of carboxylic acids is 1. The summed E-state index contributed by atoms with van der Waals surface area (Å²) in [6.07, 6.45) is 1.55. The zero-order chi connectivity index (χ0) is 13.1. The second kappa shape index (κ2) is 5.18. The highest BCUT2D eigenvalue weighted by Crippen LogP contribution is 2.26. The first-order valence-electron chi connectivity index (χ1n) is 5.37. The molecule has 2 aromatic rings. The van der Waals surface area contributed by atoms with E-state index in [2.05, 4.69) is 9.97 Å². The number of aromatic carboxylic acids is 1. The minimum Gasteiger partial charge on any atom is -0.477 e. The smallest absolute Gasteiger partial charge is 0.354 e. The summed E-state index contributed by atoms with van der Waals surface area (Å²) in [7, 11) is 0. The third-order valence-corrected chi connectivity index (χ3v) is 3.15. The molecule has 0 amide bonds. The maximum atomic E-state index is 10.7. The molecule has 2 heterocycles. The summed E-state index contributed by atoms with van der Waals surface area (Å²) in [5.41, 5.74) is 2.17. The summed E-state index contributed by atoms with van der Waals surface area (Å²) in [5, 5.41) is 9.64. The normalized spacial score (nSPS) is 10.3. The van der Waals surface area contributed by atoms with Gasteiger partial charge in [-0.3, -0.25) is 0 Å². The average molecular weight is 260 g/mol. The standard InChI is InChI=1S/C13H12N2O2S/c1-8-5-9(2)15-12(6-8)18-10-3-4-11(13(16)17)14-7-10/h3-7H,1-2H3,(H,16,17). The molecule has 0 radical (unpaired) electrons. The van der Waals surface area contributed by atoms with E-state index in [-0.39, 0.29) is 5.69 Å². The molecule has 0 aliphatic carbocycles. The van der Waals surface area contributed by atoms with E-state index in [4.69, 9.17) is 5.11 Å². The molecule has 18 heavy (non-hydrogen) atoms. The second-order valence-electron chi connectivity index (χ2n) is 3.91. The topological polar surface area (TPSA) is 63.1 Å². The largest absolute Gasteiger partial charge is 0.477 e. The number of nitrogens with zero attached hydrogens (tertiary/aromatic N) is 2. The van der Waals surface area contributed by atoms with Crippen molar-refractivity contribution in [1.29, 1.82) is 0 Å². The van der Waals surface area contributed by atoms with Gasteiger partial charge in [0.2, 0.25) is 0 Å². The minimum absolute atomic E-state index is 0.0488. The van der Waals surface area contributed by atoms with E-state index in [1.807, 2.05) is 26.0 Å². The fourth-order valence-electron chi connectivity index (χ4n) is 1.54. The van der Waals surface area contributed by atoms with Crippen LogP contribution >= 0.6 is 11.8 Å². The van der Waals surface area contributed by atoms with Crippen LogP contribution in [0.1, 0.15) is 21.7 Å². The monoisotopic (exact) mass is 260 g/mol. The van der Waals surface area contributed by atoms with Gasteiger partial charge in [-0.15, -0.1) is 0 Å². The zero-order valence-corrected chi connectivity index (χ0v) is 10.9. The minimum atomic E-state index is -1.02. The molecule has 1 N–H and O–H groups in total. The Bertz CT molecular complexity index is 562. The summed E-state index contributed by atoms with van der Waals surface area (Å²) >= 11 is 1.47. The van der Waals surface area contributed by atoms with Crippen molar-refractivity contribution in [2.45, 2.75) is 23.8 Å². The van der Waals surface area contributed by atoms with Crippen molar-refractivity contribution in [3.05, 3.63) is 47.4 Å². The predicted molar refractivity (Wildman–Crippen MR) is 69.0 cm³/mol. The maximum absolute atomic E-state index is 10.7. The lowest BCUT2D eigenvalue weighted by Crippen LogP contribution is -1.98. The second-order valence-corrected chi connectivity index (χ2v) is 5.00. The van der Waals surface area contributed by atoms with Crippen molar-refractivity contribution in [3.8, 4) is 0 Å². The molecule has 5 heteroatoms. The van der Waals surface area contributed by atoms with Gasteiger partial charge in [0, 0.05) is 16.8 Å². The Kier molecular flexibility index (Phi) is 3.62. The predicted octanol–water partition coefficient (Wildman–Crippen LogP) is 2.94. The first-order valence-corrected chi connectivity index (χ1v) is 6.19. The number of aryl methyl sites for hydroxylation is 2. The Morgan fingerprint density at radius 3 is 2.61 bits per heavy atom. The first kappa shape index (κ1) is 12.6. The van der Waals surface area contributed by atoms with E-state index in [9.17, 15) is 4.79 Å². The van der Waals surface area contributed by atoms with E-state index in [0.29, 0.717) is 0 Å². The van der Waals surface area contributed by atoms with Crippen LogP contribution < -0.4 is 0 Å². The third-order valence-electron chi connectivity index (χ3n) is 2.25. The highest BCUT2D eigenvalue weighted by Gasteiger charge is 2.05. The van der Waals surface area contributed by atoms with Crippen molar-refractivity contribution in [2.24, 2.45) is 0 Å². The molecule has 4 nitrogen and oxygen atoms in total. The lowest BCUT2D eigenvalue weighted by atomic mass is 10.3. The molecule has 92 valence electrons. The van der Waals surface area contributed by atoms with E-state index in [0.717, 1.165) is 21.2 Å². The van der Waals surface area contributed by atoms with Crippen molar-refractivity contribution >= 4 is 17.7 Å². The Labute approximate surface area is 109 Å². The van der Waals surface area contributed by atoms with Crippen molar-refractivity contribution < 1.29 is 9.90 Å². The fourth-order valence-corrected chi connectivity index (χ4v) is 2.46. The van der Waals surface area contributed by atoms with Gasteiger partial charge in [-0.05, 0) is 43.7 Å². The number of carboxylic acid groups (broad SMARTS) is 1. The molecule has 2 rings (SSSR count). The quantitative estimate of drug-likeness (QED) is 0.919. The van der Waals surface area contributed by atoms with Crippen LogP contribution in [0.4, 0.5) is 0 Å². The molecule has 0 fully saturated rings. The van der Waals surface area contributed by atoms with Crippen LogP contribution in [0.25, 0.3) is 0 Å². The number of pyridine rings is 2. The van der Waals surface area contributed by atoms with Crippen LogP contribution in [0.2, 0.25) is 0 Å². The number of carbonyl (C=O) groups is 1. The molecule has 0 aliphatic rings. The molecule has 0 aliphatic heterocycles. The molecular formula is C13H12N2O2S. The van der Waals surface area contributed by atoms with Crippen LogP contribution in [-0.4, -0.2) is 21.0 Å². The van der Waals surface area contributed by atoms with Gasteiger partial charge in [0.15, 0.2) is 0 Å². The third kappa shape index (κ3) is 3.07. The van der Waals surface area contributed by atoms with Crippen LogP contribution in [0, 0.1) is 13.8 Å². The average Bonchev–Trinajstić information content (AvgIpc) is 2.28. The van der Waals surface area contributed by atoms with Crippen molar-refractivity contribution in [1.82, 2.24) is 9.97 Å². The Morgan fingerprint density at radius 1 is 1.28 bits per heavy atom. The first-order chi connectivity index (χ1) is 8.54. The summed E-state index contributed by atoms with van der Waals surface area (Å²) in [5.74, 6) is -1.02. The highest BCUT2D eigenvalue weighted by molar-refractivity contribution is 7.99. The van der Waals surface area contributed by atoms with E-state index >= 15 is 0 Å². The molecule has 0 saturated heterocycles. The van der Waals surface area contributed by atoms with Gasteiger partial charge in [-0.25, -0.2) is 14.8 Å². The molecule has 0 saturated carbocycles. The van der Waals surface area contributed by atoms with Gasteiger partial charge in [0.25, 0.3) is 0 Å². The van der Waals surface area contributed by atoms with Crippen LogP contribution in [0.5, 0.6) is 0 Å².